The first kappa shape index (κ1) is 14.2. The molecule has 0 aromatic heterocycles. The van der Waals surface area contributed by atoms with Crippen molar-refractivity contribution < 1.29 is 0 Å². The number of hydrogen-bond donors (Lipinski definition) is 2. The number of rotatable bonds is 1. The topological polar surface area (TPSA) is 80.0 Å². The normalized spacial score (nSPS) is 22.9. The molecule has 1 aliphatic carbocycles. The van der Waals surface area contributed by atoms with Gasteiger partial charge >= 0.3 is 0 Å². The van der Waals surface area contributed by atoms with Gasteiger partial charge in [-0.25, -0.2) is 4.99 Å². The summed E-state index contributed by atoms with van der Waals surface area (Å²) < 4.78 is 0. The number of nitrogens with zero attached hydrogens (tertiary/aromatic N) is 3. The van der Waals surface area contributed by atoms with Crippen LogP contribution in [0.2, 0.25) is 0 Å². The van der Waals surface area contributed by atoms with E-state index in [9.17, 15) is 0 Å². The number of likely N-dealkylation sites (tertiary alicyclic amines) is 1. The Balaban J connectivity index is 2.08. The van der Waals surface area contributed by atoms with E-state index in [1.54, 1.807) is 0 Å². The van der Waals surface area contributed by atoms with Gasteiger partial charge in [0.05, 0.1) is 6.04 Å². The third-order valence-electron chi connectivity index (χ3n) is 3.99. The van der Waals surface area contributed by atoms with Crippen molar-refractivity contribution in [2.45, 2.75) is 63.8 Å². The van der Waals surface area contributed by atoms with Crippen LogP contribution >= 0.6 is 0 Å². The van der Waals surface area contributed by atoms with E-state index in [-0.39, 0.29) is 5.96 Å². The van der Waals surface area contributed by atoms with Gasteiger partial charge in [0.15, 0.2) is 5.96 Å². The van der Waals surface area contributed by atoms with Crippen molar-refractivity contribution in [3.63, 3.8) is 0 Å². The Morgan fingerprint density at radius 3 is 2.00 bits per heavy atom. The zero-order valence-corrected chi connectivity index (χ0v) is 11.9. The summed E-state index contributed by atoms with van der Waals surface area (Å²) in [5, 5.41) is 0. The standard InChI is InChI=1S/C14H27N5/c15-13(16)18-14(19-10-6-3-7-11-19)17-12-8-4-1-2-5-9-12/h12H,1-11H2,(H4,15,16,17,18). The molecule has 0 spiro atoms. The van der Waals surface area contributed by atoms with Crippen molar-refractivity contribution in [2.24, 2.45) is 21.5 Å². The van der Waals surface area contributed by atoms with Crippen LogP contribution in [0, 0.1) is 0 Å². The van der Waals surface area contributed by atoms with Gasteiger partial charge in [0.1, 0.15) is 0 Å². The van der Waals surface area contributed by atoms with Crippen LogP contribution in [0.5, 0.6) is 0 Å². The van der Waals surface area contributed by atoms with Gasteiger partial charge in [0, 0.05) is 13.1 Å². The van der Waals surface area contributed by atoms with E-state index in [4.69, 9.17) is 16.5 Å². The van der Waals surface area contributed by atoms with Crippen LogP contribution in [-0.4, -0.2) is 36.0 Å². The first-order valence-corrected chi connectivity index (χ1v) is 7.68. The molecule has 1 heterocycles. The van der Waals surface area contributed by atoms with Crippen LogP contribution in [-0.2, 0) is 0 Å². The van der Waals surface area contributed by atoms with Crippen LogP contribution in [0.1, 0.15) is 57.8 Å². The molecule has 0 aromatic rings. The summed E-state index contributed by atoms with van der Waals surface area (Å²) >= 11 is 0. The third kappa shape index (κ3) is 4.73. The van der Waals surface area contributed by atoms with E-state index in [0.717, 1.165) is 19.0 Å². The first-order chi connectivity index (χ1) is 9.25. The van der Waals surface area contributed by atoms with E-state index >= 15 is 0 Å². The lowest BCUT2D eigenvalue weighted by molar-refractivity contribution is 0.336. The quantitative estimate of drug-likeness (QED) is 0.431. The number of piperidine rings is 1. The van der Waals surface area contributed by atoms with Crippen LogP contribution in [0.3, 0.4) is 0 Å². The molecule has 0 aromatic carbocycles. The molecule has 0 amide bonds. The Morgan fingerprint density at radius 2 is 1.42 bits per heavy atom. The largest absolute Gasteiger partial charge is 0.370 e. The lowest BCUT2D eigenvalue weighted by Gasteiger charge is -2.28. The fourth-order valence-corrected chi connectivity index (χ4v) is 2.94. The minimum atomic E-state index is 0.123. The molecule has 0 atom stereocenters. The average molecular weight is 265 g/mol. The highest BCUT2D eigenvalue weighted by molar-refractivity contribution is 5.93. The molecule has 0 unspecified atom stereocenters. The van der Waals surface area contributed by atoms with Gasteiger partial charge in [-0.2, -0.15) is 4.99 Å². The molecule has 1 saturated heterocycles. The van der Waals surface area contributed by atoms with Crippen molar-refractivity contribution in [3.05, 3.63) is 0 Å². The van der Waals surface area contributed by atoms with E-state index in [0.29, 0.717) is 6.04 Å². The minimum absolute atomic E-state index is 0.123. The molecular weight excluding hydrogens is 238 g/mol. The highest BCUT2D eigenvalue weighted by Crippen LogP contribution is 2.21. The van der Waals surface area contributed by atoms with Crippen molar-refractivity contribution >= 4 is 11.9 Å². The first-order valence-electron chi connectivity index (χ1n) is 7.68. The maximum atomic E-state index is 5.56. The summed E-state index contributed by atoms with van der Waals surface area (Å²) in [5.41, 5.74) is 11.1. The van der Waals surface area contributed by atoms with E-state index < -0.39 is 0 Å². The van der Waals surface area contributed by atoms with Gasteiger partial charge in [0.25, 0.3) is 0 Å². The molecule has 1 aliphatic heterocycles. The fourth-order valence-electron chi connectivity index (χ4n) is 2.94. The van der Waals surface area contributed by atoms with Gasteiger partial charge in [-0.3, -0.25) is 0 Å². The lowest BCUT2D eigenvalue weighted by Crippen LogP contribution is -2.38. The van der Waals surface area contributed by atoms with Gasteiger partial charge in [-0.05, 0) is 32.1 Å². The maximum absolute atomic E-state index is 5.56. The molecule has 108 valence electrons. The molecule has 19 heavy (non-hydrogen) atoms. The highest BCUT2D eigenvalue weighted by Gasteiger charge is 2.18. The maximum Gasteiger partial charge on any atom is 0.224 e. The number of hydrogen-bond acceptors (Lipinski definition) is 1. The Kier molecular flexibility index (Phi) is 5.48. The fraction of sp³-hybridized carbons (Fsp3) is 0.857. The summed E-state index contributed by atoms with van der Waals surface area (Å²) in [7, 11) is 0. The summed E-state index contributed by atoms with van der Waals surface area (Å²) in [5.74, 6) is 0.893. The Bertz CT molecular complexity index is 319. The predicted molar refractivity (Wildman–Crippen MR) is 80.2 cm³/mol. The molecule has 5 nitrogen and oxygen atoms in total. The zero-order valence-electron chi connectivity index (χ0n) is 11.9. The van der Waals surface area contributed by atoms with Crippen molar-refractivity contribution in [2.75, 3.05) is 13.1 Å². The second-order valence-corrected chi connectivity index (χ2v) is 5.66. The average Bonchev–Trinajstić information content (AvgIpc) is 2.67. The minimum Gasteiger partial charge on any atom is -0.370 e. The van der Waals surface area contributed by atoms with Crippen molar-refractivity contribution in [1.29, 1.82) is 0 Å². The molecule has 2 aliphatic rings. The van der Waals surface area contributed by atoms with E-state index in [2.05, 4.69) is 9.89 Å². The van der Waals surface area contributed by atoms with Gasteiger partial charge < -0.3 is 16.4 Å². The second-order valence-electron chi connectivity index (χ2n) is 5.66. The highest BCUT2D eigenvalue weighted by atomic mass is 15.3. The van der Waals surface area contributed by atoms with Crippen molar-refractivity contribution in [3.8, 4) is 0 Å². The molecule has 5 heteroatoms. The van der Waals surface area contributed by atoms with Gasteiger partial charge in [0.2, 0.25) is 5.96 Å². The second kappa shape index (κ2) is 7.36. The van der Waals surface area contributed by atoms with E-state index in [1.165, 1.54) is 57.8 Å². The van der Waals surface area contributed by atoms with Crippen molar-refractivity contribution in [1.82, 2.24) is 4.90 Å². The summed E-state index contributed by atoms with van der Waals surface area (Å²) in [6.45, 7) is 2.06. The molecule has 4 N–H and O–H groups in total. The predicted octanol–water partition coefficient (Wildman–Crippen LogP) is 1.82. The summed E-state index contributed by atoms with van der Waals surface area (Å²) in [6.07, 6.45) is 11.3. The summed E-state index contributed by atoms with van der Waals surface area (Å²) in [6, 6.07) is 0.405. The molecule has 2 fully saturated rings. The Labute approximate surface area is 116 Å². The molecule has 0 bridgehead atoms. The Hall–Kier alpha value is -1.26. The van der Waals surface area contributed by atoms with Crippen LogP contribution < -0.4 is 11.5 Å². The van der Waals surface area contributed by atoms with Gasteiger partial charge in [-0.15, -0.1) is 0 Å². The number of aliphatic imine (C=N–C) groups is 2. The van der Waals surface area contributed by atoms with Gasteiger partial charge in [-0.1, -0.05) is 25.7 Å². The van der Waals surface area contributed by atoms with Crippen LogP contribution in [0.25, 0.3) is 0 Å². The van der Waals surface area contributed by atoms with Crippen LogP contribution in [0.4, 0.5) is 0 Å². The molecular formula is C14H27N5. The number of nitrogens with two attached hydrogens (primary N) is 2. The van der Waals surface area contributed by atoms with Crippen LogP contribution in [0.15, 0.2) is 9.98 Å². The molecule has 0 radical (unpaired) electrons. The molecule has 1 saturated carbocycles. The summed E-state index contributed by atoms with van der Waals surface area (Å²) in [4.78, 5) is 11.4. The monoisotopic (exact) mass is 265 g/mol. The third-order valence-corrected chi connectivity index (χ3v) is 3.99. The smallest absolute Gasteiger partial charge is 0.224 e. The lowest BCUT2D eigenvalue weighted by atomic mass is 10.1. The zero-order chi connectivity index (χ0) is 13.5. The Morgan fingerprint density at radius 1 is 0.842 bits per heavy atom. The van der Waals surface area contributed by atoms with E-state index in [1.807, 2.05) is 0 Å². The number of guanidine groups is 2. The molecule has 2 rings (SSSR count). The SMILES string of the molecule is NC(N)=NC(=NC1CCCCCC1)N1CCCCC1.